The minimum absolute atomic E-state index is 0.0652. The van der Waals surface area contributed by atoms with E-state index in [1.165, 1.54) is 18.9 Å². The highest BCUT2D eigenvalue weighted by Gasteiger charge is 2.49. The van der Waals surface area contributed by atoms with Gasteiger partial charge in [0.25, 0.3) is 0 Å². The second-order valence-electron chi connectivity index (χ2n) is 9.44. The molecule has 2 amide bonds. The Kier molecular flexibility index (Phi) is 5.30. The Morgan fingerprint density at radius 2 is 2.00 bits per heavy atom. The summed E-state index contributed by atoms with van der Waals surface area (Å²) in [6.07, 6.45) is 6.38. The van der Waals surface area contributed by atoms with E-state index in [2.05, 4.69) is 6.92 Å². The van der Waals surface area contributed by atoms with Gasteiger partial charge in [-0.3, -0.25) is 9.59 Å². The maximum atomic E-state index is 14.3. The van der Waals surface area contributed by atoms with Crippen molar-refractivity contribution >= 4 is 11.8 Å². The van der Waals surface area contributed by atoms with Crippen LogP contribution in [0.4, 0.5) is 4.39 Å². The minimum Gasteiger partial charge on any atom is -0.497 e. The summed E-state index contributed by atoms with van der Waals surface area (Å²) in [7, 11) is 1.55. The van der Waals surface area contributed by atoms with Gasteiger partial charge >= 0.3 is 0 Å². The zero-order chi connectivity index (χ0) is 20.6. The molecule has 158 valence electrons. The molecule has 29 heavy (non-hydrogen) atoms. The first-order chi connectivity index (χ1) is 13.8. The fourth-order valence-corrected chi connectivity index (χ4v) is 4.80. The molecule has 4 rings (SSSR count). The average molecular weight is 403 g/mol. The van der Waals surface area contributed by atoms with E-state index in [0.29, 0.717) is 49.2 Å². The van der Waals surface area contributed by atoms with E-state index in [0.717, 1.165) is 19.3 Å². The zero-order valence-corrected chi connectivity index (χ0v) is 17.5. The molecule has 2 heterocycles. The highest BCUT2D eigenvalue weighted by Crippen LogP contribution is 2.49. The van der Waals surface area contributed by atoms with E-state index in [4.69, 9.17) is 4.74 Å². The molecule has 1 aromatic rings. The van der Waals surface area contributed by atoms with Gasteiger partial charge in [-0.1, -0.05) is 6.92 Å². The smallest absolute Gasteiger partial charge is 0.230 e. The van der Waals surface area contributed by atoms with Gasteiger partial charge in [0.1, 0.15) is 11.6 Å². The number of carbonyl (C=O) groups is 2. The summed E-state index contributed by atoms with van der Waals surface area (Å²) in [5, 5.41) is 0. The number of hydrogen-bond acceptors (Lipinski definition) is 3. The number of nitrogens with zero attached hydrogens (tertiary/aromatic N) is 2. The molecule has 1 saturated carbocycles. The number of piperidine rings is 1. The normalized spacial score (nSPS) is 25.6. The van der Waals surface area contributed by atoms with Crippen molar-refractivity contribution < 1.29 is 18.7 Å². The molecule has 5 nitrogen and oxygen atoms in total. The van der Waals surface area contributed by atoms with E-state index in [9.17, 15) is 14.0 Å². The molecule has 2 saturated heterocycles. The maximum absolute atomic E-state index is 14.3. The van der Waals surface area contributed by atoms with Gasteiger partial charge < -0.3 is 14.5 Å². The van der Waals surface area contributed by atoms with Crippen LogP contribution in [-0.2, 0) is 16.1 Å². The summed E-state index contributed by atoms with van der Waals surface area (Å²) < 4.78 is 19.5. The number of ether oxygens (including phenoxy) is 1. The molecule has 0 aromatic heterocycles. The Labute approximate surface area is 172 Å². The molecule has 0 bridgehead atoms. The molecular formula is C23H31FN2O3. The number of benzene rings is 1. The third-order valence-corrected chi connectivity index (χ3v) is 7.19. The zero-order valence-electron chi connectivity index (χ0n) is 17.5. The van der Waals surface area contributed by atoms with Crippen molar-refractivity contribution in [2.24, 2.45) is 10.8 Å². The van der Waals surface area contributed by atoms with Crippen LogP contribution in [0.1, 0.15) is 57.4 Å². The van der Waals surface area contributed by atoms with E-state index < -0.39 is 5.41 Å². The molecule has 1 aliphatic carbocycles. The first kappa shape index (κ1) is 20.2. The molecule has 1 spiro atoms. The quantitative estimate of drug-likeness (QED) is 0.728. The summed E-state index contributed by atoms with van der Waals surface area (Å²) in [5.74, 6) is 0.506. The topological polar surface area (TPSA) is 49.9 Å². The van der Waals surface area contributed by atoms with Crippen molar-refractivity contribution in [3.63, 3.8) is 0 Å². The molecule has 1 aromatic carbocycles. The van der Waals surface area contributed by atoms with E-state index >= 15 is 0 Å². The van der Waals surface area contributed by atoms with Gasteiger partial charge in [-0.05, 0) is 62.1 Å². The van der Waals surface area contributed by atoms with E-state index in [-0.39, 0.29) is 24.2 Å². The third kappa shape index (κ3) is 4.12. The van der Waals surface area contributed by atoms with Gasteiger partial charge in [0.15, 0.2) is 0 Å². The largest absolute Gasteiger partial charge is 0.497 e. The fraction of sp³-hybridized carbons (Fsp3) is 0.652. The van der Waals surface area contributed by atoms with Crippen molar-refractivity contribution in [1.82, 2.24) is 9.80 Å². The van der Waals surface area contributed by atoms with Gasteiger partial charge in [-0.2, -0.15) is 0 Å². The monoisotopic (exact) mass is 402 g/mol. The molecule has 3 fully saturated rings. The van der Waals surface area contributed by atoms with Crippen molar-refractivity contribution in [2.45, 2.75) is 58.4 Å². The SMILES string of the molecule is COc1ccc(F)c(CN2CCCC3(CCN(C(=O)CCC4(C)CC4)C3)C2=O)c1. The van der Waals surface area contributed by atoms with Gasteiger partial charge in [0.05, 0.1) is 12.5 Å². The van der Waals surface area contributed by atoms with Crippen LogP contribution in [0.2, 0.25) is 0 Å². The first-order valence-corrected chi connectivity index (χ1v) is 10.7. The average Bonchev–Trinajstić information content (AvgIpc) is 3.30. The van der Waals surface area contributed by atoms with Crippen LogP contribution in [0, 0.1) is 16.6 Å². The van der Waals surface area contributed by atoms with Crippen LogP contribution in [0.5, 0.6) is 5.75 Å². The molecule has 6 heteroatoms. The highest BCUT2D eigenvalue weighted by molar-refractivity contribution is 5.86. The Balaban J connectivity index is 1.41. The van der Waals surface area contributed by atoms with Crippen molar-refractivity contribution in [1.29, 1.82) is 0 Å². The summed E-state index contributed by atoms with van der Waals surface area (Å²) in [6, 6.07) is 4.63. The summed E-state index contributed by atoms with van der Waals surface area (Å²) >= 11 is 0. The second-order valence-corrected chi connectivity index (χ2v) is 9.44. The third-order valence-electron chi connectivity index (χ3n) is 7.19. The van der Waals surface area contributed by atoms with Crippen LogP contribution in [0.3, 0.4) is 0 Å². The van der Waals surface area contributed by atoms with Gasteiger partial charge in [0, 0.05) is 38.2 Å². The molecule has 0 N–H and O–H groups in total. The highest BCUT2D eigenvalue weighted by atomic mass is 19.1. The van der Waals surface area contributed by atoms with Crippen molar-refractivity contribution in [3.05, 3.63) is 29.6 Å². The second kappa shape index (κ2) is 7.62. The predicted molar refractivity (Wildman–Crippen MR) is 108 cm³/mol. The number of methoxy groups -OCH3 is 1. The van der Waals surface area contributed by atoms with Crippen LogP contribution in [0.25, 0.3) is 0 Å². The summed E-state index contributed by atoms with van der Waals surface area (Å²) in [5.41, 5.74) is 0.344. The fourth-order valence-electron chi connectivity index (χ4n) is 4.80. The number of hydrogen-bond donors (Lipinski definition) is 0. The summed E-state index contributed by atoms with van der Waals surface area (Å²) in [4.78, 5) is 29.7. The standard InChI is InChI=1S/C23H31FN2O3/c1-22(9-10-22)8-6-20(27)26-13-11-23(16-26)7-3-12-25(21(23)28)15-17-14-18(29-2)4-5-19(17)24/h4-5,14H,3,6-13,15-16H2,1-2H3. The molecular weight excluding hydrogens is 371 g/mol. The lowest BCUT2D eigenvalue weighted by molar-refractivity contribution is -0.146. The van der Waals surface area contributed by atoms with Crippen LogP contribution in [0.15, 0.2) is 18.2 Å². The minimum atomic E-state index is -0.493. The van der Waals surface area contributed by atoms with Crippen molar-refractivity contribution in [2.75, 3.05) is 26.7 Å². The number of carbonyl (C=O) groups excluding carboxylic acids is 2. The van der Waals surface area contributed by atoms with Crippen molar-refractivity contribution in [3.8, 4) is 5.75 Å². The first-order valence-electron chi connectivity index (χ1n) is 10.7. The maximum Gasteiger partial charge on any atom is 0.230 e. The number of halogens is 1. The Morgan fingerprint density at radius 1 is 1.21 bits per heavy atom. The molecule has 3 aliphatic rings. The van der Waals surface area contributed by atoms with Crippen LogP contribution >= 0.6 is 0 Å². The Hall–Kier alpha value is -2.11. The lowest BCUT2D eigenvalue weighted by Gasteiger charge is -2.39. The van der Waals surface area contributed by atoms with Crippen LogP contribution in [-0.4, -0.2) is 48.4 Å². The summed E-state index contributed by atoms with van der Waals surface area (Å²) in [6.45, 7) is 4.28. The molecule has 0 radical (unpaired) electrons. The molecule has 2 aliphatic heterocycles. The van der Waals surface area contributed by atoms with Gasteiger partial charge in [-0.15, -0.1) is 0 Å². The Bertz CT molecular complexity index is 807. The molecule has 1 atom stereocenters. The number of rotatable bonds is 6. The van der Waals surface area contributed by atoms with Crippen LogP contribution < -0.4 is 4.74 Å². The van der Waals surface area contributed by atoms with Gasteiger partial charge in [0.2, 0.25) is 11.8 Å². The number of amides is 2. The lowest BCUT2D eigenvalue weighted by atomic mass is 9.78. The molecule has 1 unspecified atom stereocenters. The van der Waals surface area contributed by atoms with E-state index in [1.807, 2.05) is 4.90 Å². The lowest BCUT2D eigenvalue weighted by Crippen LogP contribution is -2.50. The predicted octanol–water partition coefficient (Wildman–Crippen LogP) is 3.76. The Morgan fingerprint density at radius 3 is 2.72 bits per heavy atom. The number of likely N-dealkylation sites (tertiary alicyclic amines) is 2. The van der Waals surface area contributed by atoms with E-state index in [1.54, 1.807) is 24.1 Å². The van der Waals surface area contributed by atoms with Gasteiger partial charge in [-0.25, -0.2) is 4.39 Å².